The molecule has 3 heterocycles. The molecule has 226 valence electrons. The van der Waals surface area contributed by atoms with E-state index in [1.54, 1.807) is 0 Å². The molecule has 0 aromatic rings. The van der Waals surface area contributed by atoms with Gasteiger partial charge in [-0.3, -0.25) is 0 Å². The molecule has 9 heteroatoms. The Labute approximate surface area is 238 Å². The van der Waals surface area contributed by atoms with Gasteiger partial charge >= 0.3 is 18.5 Å². The molecule has 3 rings (SSSR count). The van der Waals surface area contributed by atoms with Gasteiger partial charge in [-0.1, -0.05) is 47.7 Å². The zero-order valence-electron chi connectivity index (χ0n) is 20.3. The van der Waals surface area contributed by atoms with Gasteiger partial charge in [-0.25, -0.2) is 14.4 Å². The number of ether oxygens (including phenoxy) is 6. The van der Waals surface area contributed by atoms with Crippen LogP contribution in [0.15, 0.2) is 115 Å². The van der Waals surface area contributed by atoms with Gasteiger partial charge in [0.1, 0.15) is 19.0 Å². The van der Waals surface area contributed by atoms with Crippen molar-refractivity contribution in [1.82, 2.24) is 0 Å². The highest BCUT2D eigenvalue weighted by atomic mass is 16.8. The van der Waals surface area contributed by atoms with Crippen molar-refractivity contribution in [3.63, 3.8) is 0 Å². The van der Waals surface area contributed by atoms with Gasteiger partial charge in [0, 0.05) is 6.08 Å². The summed E-state index contributed by atoms with van der Waals surface area (Å²) in [5, 5.41) is 0. The highest BCUT2D eigenvalue weighted by Gasteiger charge is 2.27. The fraction of sp³-hybridized carbons (Fsp3) is 0.300. The fourth-order valence-corrected chi connectivity index (χ4v) is 1.47. The molecule has 0 amide bonds. The van der Waals surface area contributed by atoms with Crippen LogP contribution in [0.25, 0.3) is 0 Å². The number of carbonyl (C=O) groups excluding carboxylic acids is 3. The zero-order valence-corrected chi connectivity index (χ0v) is 20.3. The number of hydrogen-bond acceptors (Lipinski definition) is 9. The first-order valence-electron chi connectivity index (χ1n) is 9.37. The molecular formula is C30H52O9. The highest BCUT2D eigenvalue weighted by Crippen LogP contribution is 2.15. The average molecular weight is 557 g/mol. The van der Waals surface area contributed by atoms with Crippen LogP contribution in [0.3, 0.4) is 0 Å². The molecule has 0 spiro atoms. The van der Waals surface area contributed by atoms with E-state index in [1.165, 1.54) is 12.2 Å². The predicted octanol–water partition coefficient (Wildman–Crippen LogP) is 8.95. The van der Waals surface area contributed by atoms with Crippen LogP contribution < -0.4 is 0 Å². The highest BCUT2D eigenvalue weighted by molar-refractivity contribution is 5.65. The van der Waals surface area contributed by atoms with Gasteiger partial charge in [0.25, 0.3) is 0 Å². The lowest BCUT2D eigenvalue weighted by atomic mass is 10.3. The molecule has 0 aromatic carbocycles. The van der Waals surface area contributed by atoms with Crippen LogP contribution in [0, 0.1) is 0 Å². The van der Waals surface area contributed by atoms with Crippen molar-refractivity contribution in [3.05, 3.63) is 115 Å². The van der Waals surface area contributed by atoms with Gasteiger partial charge in [-0.2, -0.15) is 0 Å². The molecule has 2 atom stereocenters. The van der Waals surface area contributed by atoms with Crippen LogP contribution in [0.5, 0.6) is 0 Å². The monoisotopic (exact) mass is 556 g/mol. The molecule has 9 nitrogen and oxygen atoms in total. The van der Waals surface area contributed by atoms with Gasteiger partial charge in [0.05, 0.1) is 0 Å². The van der Waals surface area contributed by atoms with Gasteiger partial charge in [0.2, 0.25) is 0 Å². The van der Waals surface area contributed by atoms with Crippen LogP contribution in [0.4, 0.5) is 14.4 Å². The average Bonchev–Trinajstić information content (AvgIpc) is 3.67. The number of rotatable bonds is 2. The Hall–Kier alpha value is -4.71. The topological polar surface area (TPSA) is 107 Å². The Kier molecular flexibility index (Phi) is 76.5. The fourth-order valence-electron chi connectivity index (χ4n) is 1.47. The van der Waals surface area contributed by atoms with Crippen molar-refractivity contribution < 1.29 is 42.8 Å². The summed E-state index contributed by atoms with van der Waals surface area (Å²) in [6.07, 6.45) is 0.235. The van der Waals surface area contributed by atoms with E-state index in [0.29, 0.717) is 12.4 Å². The first-order valence-corrected chi connectivity index (χ1v) is 9.37. The lowest BCUT2D eigenvalue weighted by molar-refractivity contribution is 0.123. The molecule has 0 radical (unpaired) electrons. The summed E-state index contributed by atoms with van der Waals surface area (Å²) in [6.45, 7) is 40.3. The summed E-state index contributed by atoms with van der Waals surface area (Å²) >= 11 is 0. The second-order valence-corrected chi connectivity index (χ2v) is 4.30. The number of cyclic esters (lactones) is 6. The lowest BCUT2D eigenvalue weighted by Gasteiger charge is -1.98. The van der Waals surface area contributed by atoms with Gasteiger partial charge in [-0.05, 0) is 19.2 Å². The maximum atomic E-state index is 10.5. The summed E-state index contributed by atoms with van der Waals surface area (Å²) in [7, 11) is 0. The molecule has 3 aliphatic rings. The molecule has 0 aromatic heterocycles. The molecule has 3 aliphatic heterocycles. The minimum atomic E-state index is -0.739. The predicted molar refractivity (Wildman–Crippen MR) is 165 cm³/mol. The standard InChI is InChI=1S/C7H6O6.C5H6O3.C4H4.5C2H4.4CH4/c8-6-10-2-4(12-6)1-5-3-11-7(9)13-5;1-2-4-3-7-5(6)8-4;1-3-4-2;5*1-2;;;;/h1,4H,2-3H2;2,4H,1,3H2;1-2H2;5*1-2H2;4*1H4/b5-1-;;;;;;;;;;;. The summed E-state index contributed by atoms with van der Waals surface area (Å²) in [4.78, 5) is 31.1. The summed E-state index contributed by atoms with van der Waals surface area (Å²) in [5.74, 6) is 0.341. The van der Waals surface area contributed by atoms with Crippen LogP contribution >= 0.6 is 0 Å². The molecule has 2 unspecified atom stereocenters. The molecule has 3 saturated heterocycles. The molecule has 0 bridgehead atoms. The van der Waals surface area contributed by atoms with E-state index in [1.807, 2.05) is 0 Å². The van der Waals surface area contributed by atoms with Crippen molar-refractivity contribution in [2.24, 2.45) is 0 Å². The van der Waals surface area contributed by atoms with Crippen LogP contribution in [-0.4, -0.2) is 50.5 Å². The third-order valence-corrected chi connectivity index (χ3v) is 2.53. The third kappa shape index (κ3) is 38.0. The SMILES string of the molecule is C.C.C.C.C=C.C=C.C=C.C=C.C=C.C=C=C=C.C=CC1COC(=O)O1.O=C1OC/C(=C/C2COC(=O)O2)O1. The van der Waals surface area contributed by atoms with Crippen LogP contribution in [-0.2, 0) is 28.4 Å². The normalized spacial score (nSPS) is 16.1. The molecule has 3 fully saturated rings. The van der Waals surface area contributed by atoms with Crippen molar-refractivity contribution in [1.29, 1.82) is 0 Å². The Morgan fingerprint density at radius 3 is 1.18 bits per heavy atom. The largest absolute Gasteiger partial charge is 0.514 e. The van der Waals surface area contributed by atoms with Gasteiger partial charge < -0.3 is 28.4 Å². The smallest absolute Gasteiger partial charge is 0.430 e. The van der Waals surface area contributed by atoms with Gasteiger partial charge in [-0.15, -0.1) is 65.8 Å². The summed E-state index contributed by atoms with van der Waals surface area (Å²) < 4.78 is 27.2. The zero-order chi connectivity index (χ0) is 28.7. The van der Waals surface area contributed by atoms with E-state index in [-0.39, 0.29) is 49.0 Å². The van der Waals surface area contributed by atoms with E-state index in [4.69, 9.17) is 0 Å². The second kappa shape index (κ2) is 50.2. The molecular weight excluding hydrogens is 504 g/mol. The molecule has 0 N–H and O–H groups in total. The van der Waals surface area contributed by atoms with E-state index in [0.717, 1.165) is 0 Å². The van der Waals surface area contributed by atoms with E-state index < -0.39 is 24.6 Å². The lowest BCUT2D eigenvalue weighted by Crippen LogP contribution is -2.07. The van der Waals surface area contributed by atoms with Crippen molar-refractivity contribution in [2.45, 2.75) is 41.9 Å². The molecule has 0 aliphatic carbocycles. The van der Waals surface area contributed by atoms with Gasteiger partial charge in [0.15, 0.2) is 18.8 Å². The molecule has 0 saturated carbocycles. The Bertz CT molecular complexity index is 682. The summed E-state index contributed by atoms with van der Waals surface area (Å²) in [5.41, 5.74) is 4.64. The van der Waals surface area contributed by atoms with Crippen LogP contribution in [0.2, 0.25) is 0 Å². The van der Waals surface area contributed by atoms with Crippen molar-refractivity contribution in [2.75, 3.05) is 19.8 Å². The number of hydrogen-bond donors (Lipinski definition) is 0. The minimum Gasteiger partial charge on any atom is -0.430 e. The number of carbonyl (C=O) groups is 3. The Balaban J connectivity index is -0.0000000436. The first-order chi connectivity index (χ1) is 17.0. The summed E-state index contributed by atoms with van der Waals surface area (Å²) in [6, 6.07) is 0. The van der Waals surface area contributed by atoms with Crippen molar-refractivity contribution >= 4 is 18.5 Å². The van der Waals surface area contributed by atoms with E-state index >= 15 is 0 Å². The maximum absolute atomic E-state index is 10.5. The minimum absolute atomic E-state index is 0. The molecule has 39 heavy (non-hydrogen) atoms. The van der Waals surface area contributed by atoms with E-state index in [9.17, 15) is 14.4 Å². The quantitative estimate of drug-likeness (QED) is 0.142. The third-order valence-electron chi connectivity index (χ3n) is 2.53. The first kappa shape index (κ1) is 59.4. The maximum Gasteiger partial charge on any atom is 0.514 e. The second-order valence-electron chi connectivity index (χ2n) is 4.30. The van der Waals surface area contributed by atoms with E-state index in [2.05, 4.69) is 125 Å². The Morgan fingerprint density at radius 1 is 0.615 bits per heavy atom. The van der Waals surface area contributed by atoms with Crippen LogP contribution in [0.1, 0.15) is 29.7 Å². The Morgan fingerprint density at radius 2 is 0.974 bits per heavy atom. The van der Waals surface area contributed by atoms with Crippen molar-refractivity contribution in [3.8, 4) is 0 Å².